The smallest absolute Gasteiger partial charge is 0.144 e. The summed E-state index contributed by atoms with van der Waals surface area (Å²) in [6, 6.07) is 34.7. The highest BCUT2D eigenvalue weighted by molar-refractivity contribution is 6.10. The number of pyridine rings is 1. The van der Waals surface area contributed by atoms with Crippen LogP contribution in [0, 0.1) is 5.41 Å². The van der Waals surface area contributed by atoms with Crippen LogP contribution in [0.2, 0.25) is 0 Å². The van der Waals surface area contributed by atoms with Crippen LogP contribution in [-0.4, -0.2) is 4.98 Å². The molecule has 6 rings (SSSR count). The van der Waals surface area contributed by atoms with E-state index in [0.29, 0.717) is 5.56 Å². The number of rotatable bonds is 4. The third-order valence-electron chi connectivity index (χ3n) is 6.38. The van der Waals surface area contributed by atoms with Crippen LogP contribution in [0.3, 0.4) is 0 Å². The maximum absolute atomic E-state index is 8.57. The Kier molecular flexibility index (Phi) is 4.91. The lowest BCUT2D eigenvalue weighted by Crippen LogP contribution is -2.08. The standard InChI is InChI=1S/C34H29NO/c1-34(2,3)22-23-12-14-25(15-13-23)27-18-19-35-31(20-27)30-11-7-10-29-28-17-16-26(21-32(28)36-33(29)30)24-8-5-4-6-9-24/h4-21H,22H2,1-3H3/i22D2. The fourth-order valence-electron chi connectivity index (χ4n) is 4.75. The summed E-state index contributed by atoms with van der Waals surface area (Å²) < 4.78 is 23.6. The summed E-state index contributed by atoms with van der Waals surface area (Å²) >= 11 is 0. The van der Waals surface area contributed by atoms with Crippen molar-refractivity contribution < 1.29 is 7.16 Å². The molecular formula is C34H29NO. The van der Waals surface area contributed by atoms with Crippen LogP contribution >= 0.6 is 0 Å². The van der Waals surface area contributed by atoms with Gasteiger partial charge in [0.2, 0.25) is 0 Å². The van der Waals surface area contributed by atoms with Crippen LogP contribution in [0.4, 0.5) is 0 Å². The van der Waals surface area contributed by atoms with Crippen molar-refractivity contribution in [2.24, 2.45) is 5.41 Å². The second-order valence-corrected chi connectivity index (χ2v) is 10.2. The van der Waals surface area contributed by atoms with E-state index in [2.05, 4.69) is 59.6 Å². The van der Waals surface area contributed by atoms with E-state index in [0.717, 1.165) is 55.4 Å². The zero-order valence-corrected chi connectivity index (χ0v) is 20.7. The van der Waals surface area contributed by atoms with Crippen molar-refractivity contribution in [3.8, 4) is 33.5 Å². The van der Waals surface area contributed by atoms with Gasteiger partial charge in [0.15, 0.2) is 0 Å². The molecular weight excluding hydrogens is 438 g/mol. The zero-order chi connectivity index (χ0) is 26.5. The average molecular weight is 470 g/mol. The predicted octanol–water partition coefficient (Wildman–Crippen LogP) is 9.57. The van der Waals surface area contributed by atoms with Gasteiger partial charge in [0.05, 0.1) is 5.69 Å². The summed E-state index contributed by atoms with van der Waals surface area (Å²) in [6.45, 7) is 5.78. The maximum Gasteiger partial charge on any atom is 0.144 e. The fourth-order valence-corrected chi connectivity index (χ4v) is 4.75. The first-order valence-electron chi connectivity index (χ1n) is 13.3. The Morgan fingerprint density at radius 1 is 0.694 bits per heavy atom. The van der Waals surface area contributed by atoms with Crippen molar-refractivity contribution in [3.05, 3.63) is 115 Å². The molecule has 0 aliphatic heterocycles. The SMILES string of the molecule is [2H]C([2H])(c1ccc(-c2ccnc(-c3cccc4c3oc3cc(-c5ccccc5)ccc34)c2)cc1)C(C)(C)C. The van der Waals surface area contributed by atoms with Crippen LogP contribution in [0.1, 0.15) is 29.1 Å². The molecule has 0 radical (unpaired) electrons. The van der Waals surface area contributed by atoms with E-state index in [1.54, 1.807) is 0 Å². The Morgan fingerprint density at radius 2 is 1.42 bits per heavy atom. The largest absolute Gasteiger partial charge is 0.455 e. The molecule has 2 aromatic heterocycles. The zero-order valence-electron chi connectivity index (χ0n) is 22.7. The molecule has 0 bridgehead atoms. The molecule has 0 spiro atoms. The van der Waals surface area contributed by atoms with Crippen molar-refractivity contribution in [3.63, 3.8) is 0 Å². The molecule has 4 aromatic carbocycles. The van der Waals surface area contributed by atoms with Gasteiger partial charge in [-0.3, -0.25) is 4.98 Å². The van der Waals surface area contributed by atoms with E-state index in [1.165, 1.54) is 0 Å². The van der Waals surface area contributed by atoms with Gasteiger partial charge in [-0.05, 0) is 69.9 Å². The Morgan fingerprint density at radius 3 is 2.19 bits per heavy atom. The first kappa shape index (κ1) is 20.1. The predicted molar refractivity (Wildman–Crippen MR) is 151 cm³/mol. The highest BCUT2D eigenvalue weighted by Crippen LogP contribution is 2.37. The molecule has 0 fully saturated rings. The molecule has 2 nitrogen and oxygen atoms in total. The first-order valence-corrected chi connectivity index (χ1v) is 12.3. The van der Waals surface area contributed by atoms with Gasteiger partial charge in [-0.1, -0.05) is 93.6 Å². The molecule has 0 saturated carbocycles. The van der Waals surface area contributed by atoms with Crippen molar-refractivity contribution in [2.45, 2.75) is 27.1 Å². The van der Waals surface area contributed by atoms with Crippen LogP contribution in [0.25, 0.3) is 55.4 Å². The highest BCUT2D eigenvalue weighted by Gasteiger charge is 2.15. The maximum atomic E-state index is 8.57. The van der Waals surface area contributed by atoms with Crippen molar-refractivity contribution in [1.29, 1.82) is 0 Å². The number of nitrogens with zero attached hydrogens (tertiary/aromatic N) is 1. The van der Waals surface area contributed by atoms with Gasteiger partial charge < -0.3 is 4.42 Å². The van der Waals surface area contributed by atoms with E-state index < -0.39 is 11.8 Å². The molecule has 0 aliphatic carbocycles. The molecule has 0 atom stereocenters. The van der Waals surface area contributed by atoms with Gasteiger partial charge in [-0.15, -0.1) is 0 Å². The third kappa shape index (κ3) is 4.31. The number of fused-ring (bicyclic) bond motifs is 3. The van der Waals surface area contributed by atoms with E-state index in [4.69, 9.17) is 7.16 Å². The molecule has 0 aliphatic rings. The van der Waals surface area contributed by atoms with E-state index in [9.17, 15) is 0 Å². The van der Waals surface area contributed by atoms with Crippen molar-refractivity contribution in [2.75, 3.05) is 0 Å². The molecule has 176 valence electrons. The van der Waals surface area contributed by atoms with Gasteiger partial charge in [-0.25, -0.2) is 0 Å². The summed E-state index contributed by atoms with van der Waals surface area (Å²) in [5.41, 5.74) is 7.98. The van der Waals surface area contributed by atoms with Gasteiger partial charge in [0.1, 0.15) is 11.2 Å². The molecule has 0 saturated heterocycles. The molecule has 0 N–H and O–H groups in total. The Bertz CT molecular complexity index is 1760. The van der Waals surface area contributed by atoms with Gasteiger partial charge >= 0.3 is 0 Å². The molecule has 2 heteroatoms. The monoisotopic (exact) mass is 469 g/mol. The second kappa shape index (κ2) is 8.80. The Balaban J connectivity index is 1.40. The number of para-hydroxylation sites is 1. The Labute approximate surface area is 215 Å². The highest BCUT2D eigenvalue weighted by atomic mass is 16.3. The first-order chi connectivity index (χ1) is 18.2. The lowest BCUT2D eigenvalue weighted by molar-refractivity contribution is 0.411. The quantitative estimate of drug-likeness (QED) is 0.257. The Hall–Kier alpha value is -4.17. The second-order valence-electron chi connectivity index (χ2n) is 10.2. The van der Waals surface area contributed by atoms with Crippen LogP contribution in [0.15, 0.2) is 114 Å². The van der Waals surface area contributed by atoms with Crippen molar-refractivity contribution in [1.82, 2.24) is 4.98 Å². The number of furan rings is 1. The van der Waals surface area contributed by atoms with Gasteiger partial charge in [0.25, 0.3) is 0 Å². The van der Waals surface area contributed by atoms with E-state index in [1.807, 2.05) is 75.5 Å². The van der Waals surface area contributed by atoms with Gasteiger partial charge in [0, 0.05) is 25.3 Å². The van der Waals surface area contributed by atoms with E-state index in [-0.39, 0.29) is 0 Å². The van der Waals surface area contributed by atoms with Crippen LogP contribution < -0.4 is 0 Å². The van der Waals surface area contributed by atoms with Crippen LogP contribution in [-0.2, 0) is 6.37 Å². The number of hydrogen-bond donors (Lipinski definition) is 0. The molecule has 0 unspecified atom stereocenters. The molecule has 6 aromatic rings. The minimum Gasteiger partial charge on any atom is -0.455 e. The normalized spacial score (nSPS) is 13.1. The third-order valence-corrected chi connectivity index (χ3v) is 6.38. The number of benzene rings is 4. The lowest BCUT2D eigenvalue weighted by atomic mass is 9.87. The lowest BCUT2D eigenvalue weighted by Gasteiger charge is -2.18. The van der Waals surface area contributed by atoms with Crippen molar-refractivity contribution >= 4 is 21.9 Å². The average Bonchev–Trinajstić information content (AvgIpc) is 3.31. The van der Waals surface area contributed by atoms with Crippen LogP contribution in [0.5, 0.6) is 0 Å². The summed E-state index contributed by atoms with van der Waals surface area (Å²) in [6.07, 6.45) is 0.397. The molecule has 36 heavy (non-hydrogen) atoms. The summed E-state index contributed by atoms with van der Waals surface area (Å²) in [4.78, 5) is 4.69. The topological polar surface area (TPSA) is 26.0 Å². The minimum absolute atomic E-state index is 0.495. The summed E-state index contributed by atoms with van der Waals surface area (Å²) in [7, 11) is 0. The molecule has 0 amide bonds. The minimum atomic E-state index is -1.42. The van der Waals surface area contributed by atoms with Gasteiger partial charge in [-0.2, -0.15) is 0 Å². The molecule has 2 heterocycles. The number of aromatic nitrogens is 1. The van der Waals surface area contributed by atoms with E-state index >= 15 is 0 Å². The summed E-state index contributed by atoms with van der Waals surface area (Å²) in [5, 5.41) is 2.15. The fraction of sp³-hybridized carbons (Fsp3) is 0.147. The number of hydrogen-bond acceptors (Lipinski definition) is 2. The summed E-state index contributed by atoms with van der Waals surface area (Å²) in [5.74, 6) is 0.